The largest absolute Gasteiger partial charge is 0.461 e. The minimum absolute atomic E-state index is 0.190. The number of fused-ring (bicyclic) bond motifs is 3. The Morgan fingerprint density at radius 3 is 2.90 bits per heavy atom. The number of alkyl halides is 1. The molecule has 3 saturated heterocycles. The molecule has 2 unspecified atom stereocenters. The van der Waals surface area contributed by atoms with Crippen molar-refractivity contribution in [3.8, 4) is 6.01 Å². The van der Waals surface area contributed by atoms with Crippen molar-refractivity contribution in [1.82, 2.24) is 14.9 Å². The lowest BCUT2D eigenvalue weighted by atomic mass is 9.95. The SMILES string of the molecule is O=C1c2c(nc(OCC34CCCN3CC(F)C4)nc2N2CCCOCC2)CN1c1c(CO)ccc2ccccc12. The zero-order valence-corrected chi connectivity index (χ0v) is 22.5. The molecule has 0 saturated carbocycles. The first kappa shape index (κ1) is 25.6. The number of anilines is 2. The summed E-state index contributed by atoms with van der Waals surface area (Å²) in [7, 11) is 0. The summed E-state index contributed by atoms with van der Waals surface area (Å²) < 4.78 is 26.3. The summed E-state index contributed by atoms with van der Waals surface area (Å²) in [5, 5.41) is 12.1. The molecule has 3 fully saturated rings. The predicted octanol–water partition coefficient (Wildman–Crippen LogP) is 3.46. The highest BCUT2D eigenvalue weighted by atomic mass is 19.1. The highest BCUT2D eigenvalue weighted by molar-refractivity contribution is 6.16. The van der Waals surface area contributed by atoms with E-state index in [0.717, 1.165) is 36.6 Å². The highest BCUT2D eigenvalue weighted by Gasteiger charge is 2.49. The van der Waals surface area contributed by atoms with Crippen LogP contribution in [0.2, 0.25) is 0 Å². The third-order valence-electron chi connectivity index (χ3n) is 8.89. The molecule has 40 heavy (non-hydrogen) atoms. The maximum atomic E-state index is 14.4. The maximum Gasteiger partial charge on any atom is 0.318 e. The fraction of sp³-hybridized carbons (Fsp3) is 0.500. The Bertz CT molecular complexity index is 1450. The summed E-state index contributed by atoms with van der Waals surface area (Å²) >= 11 is 0. The number of hydrogen-bond donors (Lipinski definition) is 1. The zero-order valence-electron chi connectivity index (χ0n) is 22.5. The van der Waals surface area contributed by atoms with Gasteiger partial charge in [0, 0.05) is 43.6 Å². The molecule has 0 bridgehead atoms. The molecule has 0 radical (unpaired) electrons. The van der Waals surface area contributed by atoms with Gasteiger partial charge in [-0.15, -0.1) is 0 Å². The van der Waals surface area contributed by atoms with Gasteiger partial charge in [-0.1, -0.05) is 36.4 Å². The van der Waals surface area contributed by atoms with Gasteiger partial charge in [0.25, 0.3) is 5.91 Å². The van der Waals surface area contributed by atoms with Crippen LogP contribution >= 0.6 is 0 Å². The number of hydrogen-bond acceptors (Lipinski definition) is 8. The van der Waals surface area contributed by atoms with E-state index >= 15 is 0 Å². The van der Waals surface area contributed by atoms with Gasteiger partial charge in [-0.25, -0.2) is 4.39 Å². The summed E-state index contributed by atoms with van der Waals surface area (Å²) in [4.78, 5) is 29.7. The summed E-state index contributed by atoms with van der Waals surface area (Å²) in [5.74, 6) is 0.365. The molecule has 2 atom stereocenters. The van der Waals surface area contributed by atoms with E-state index < -0.39 is 6.17 Å². The number of ether oxygens (including phenoxy) is 2. The number of amides is 1. The van der Waals surface area contributed by atoms with E-state index in [9.17, 15) is 14.3 Å². The van der Waals surface area contributed by atoms with Crippen molar-refractivity contribution < 1.29 is 23.8 Å². The monoisotopic (exact) mass is 547 g/mol. The van der Waals surface area contributed by atoms with Gasteiger partial charge < -0.3 is 24.4 Å². The molecule has 2 aromatic carbocycles. The lowest BCUT2D eigenvalue weighted by Gasteiger charge is -2.31. The van der Waals surface area contributed by atoms with E-state index in [1.54, 1.807) is 4.90 Å². The highest BCUT2D eigenvalue weighted by Crippen LogP contribution is 2.42. The second-order valence-electron chi connectivity index (χ2n) is 11.3. The first-order chi connectivity index (χ1) is 19.6. The molecule has 0 aliphatic carbocycles. The minimum Gasteiger partial charge on any atom is -0.461 e. The number of benzene rings is 2. The molecule has 5 heterocycles. The molecule has 1 amide bonds. The van der Waals surface area contributed by atoms with Gasteiger partial charge in [0.05, 0.1) is 36.7 Å². The van der Waals surface area contributed by atoms with E-state index in [1.807, 2.05) is 36.4 Å². The quantitative estimate of drug-likeness (QED) is 0.502. The number of carbonyl (C=O) groups is 1. The number of aliphatic hydroxyl groups excluding tert-OH is 1. The molecule has 4 aliphatic rings. The van der Waals surface area contributed by atoms with Crippen molar-refractivity contribution in [1.29, 1.82) is 0 Å². The fourth-order valence-electron chi connectivity index (χ4n) is 6.99. The Labute approximate surface area is 232 Å². The van der Waals surface area contributed by atoms with Gasteiger partial charge in [0.1, 0.15) is 24.2 Å². The van der Waals surface area contributed by atoms with E-state index in [-0.39, 0.29) is 30.6 Å². The number of aromatic nitrogens is 2. The van der Waals surface area contributed by atoms with Crippen molar-refractivity contribution in [2.24, 2.45) is 0 Å². The number of halogens is 1. The molecule has 9 nitrogen and oxygen atoms in total. The van der Waals surface area contributed by atoms with Crippen LogP contribution in [-0.2, 0) is 17.9 Å². The molecule has 1 aromatic heterocycles. The number of rotatable bonds is 6. The first-order valence-electron chi connectivity index (χ1n) is 14.3. The van der Waals surface area contributed by atoms with E-state index in [0.29, 0.717) is 74.2 Å². The smallest absolute Gasteiger partial charge is 0.318 e. The average Bonchev–Trinajstić information content (AvgIpc) is 3.50. The predicted molar refractivity (Wildman–Crippen MR) is 149 cm³/mol. The second-order valence-corrected chi connectivity index (χ2v) is 11.3. The molecule has 10 heteroatoms. The standard InChI is InChI=1S/C30H34FN5O4/c31-22-15-30(9-3-11-35(30)16-22)19-40-29-32-24-17-36(26-21(18-37)8-7-20-5-1-2-6-23(20)26)28(38)25(24)27(33-29)34-10-4-13-39-14-12-34/h1-2,5-8,22,37H,3-4,9-19H2. The van der Waals surface area contributed by atoms with Crippen LogP contribution in [0.15, 0.2) is 36.4 Å². The molecule has 7 rings (SSSR count). The van der Waals surface area contributed by atoms with Crippen LogP contribution in [0.4, 0.5) is 15.9 Å². The van der Waals surface area contributed by atoms with Crippen molar-refractivity contribution in [2.75, 3.05) is 55.8 Å². The zero-order chi connectivity index (χ0) is 27.3. The lowest BCUT2D eigenvalue weighted by Crippen LogP contribution is -2.43. The Kier molecular flexibility index (Phi) is 6.56. The fourth-order valence-corrected chi connectivity index (χ4v) is 6.99. The van der Waals surface area contributed by atoms with Gasteiger partial charge in [-0.3, -0.25) is 9.69 Å². The van der Waals surface area contributed by atoms with Crippen LogP contribution in [-0.4, -0.2) is 83.6 Å². The van der Waals surface area contributed by atoms with Gasteiger partial charge in [0.15, 0.2) is 0 Å². The van der Waals surface area contributed by atoms with Crippen LogP contribution in [0.5, 0.6) is 6.01 Å². The van der Waals surface area contributed by atoms with Crippen LogP contribution in [0.1, 0.15) is 47.3 Å². The lowest BCUT2D eigenvalue weighted by molar-refractivity contribution is 0.0995. The topological polar surface area (TPSA) is 91.3 Å². The molecule has 4 aliphatic heterocycles. The molecule has 3 aromatic rings. The van der Waals surface area contributed by atoms with E-state index in [4.69, 9.17) is 19.4 Å². The Hall–Kier alpha value is -3.34. The normalized spacial score (nSPS) is 24.9. The van der Waals surface area contributed by atoms with E-state index in [2.05, 4.69) is 9.80 Å². The van der Waals surface area contributed by atoms with Gasteiger partial charge in [-0.05, 0) is 31.2 Å². The van der Waals surface area contributed by atoms with Crippen molar-refractivity contribution >= 4 is 28.2 Å². The first-order valence-corrected chi connectivity index (χ1v) is 14.3. The van der Waals surface area contributed by atoms with Gasteiger partial charge in [-0.2, -0.15) is 9.97 Å². The Morgan fingerprint density at radius 1 is 1.10 bits per heavy atom. The van der Waals surface area contributed by atoms with Crippen LogP contribution in [0.3, 0.4) is 0 Å². The van der Waals surface area contributed by atoms with Crippen molar-refractivity contribution in [3.05, 3.63) is 53.2 Å². The molecular weight excluding hydrogens is 513 g/mol. The number of nitrogens with zero attached hydrogens (tertiary/aromatic N) is 5. The third-order valence-corrected chi connectivity index (χ3v) is 8.89. The molecule has 0 spiro atoms. The molecular formula is C30H34FN5O4. The molecule has 210 valence electrons. The summed E-state index contributed by atoms with van der Waals surface area (Å²) in [6.45, 7) is 4.23. The maximum absolute atomic E-state index is 14.4. The third kappa shape index (κ3) is 4.29. The van der Waals surface area contributed by atoms with Crippen LogP contribution < -0.4 is 14.5 Å². The van der Waals surface area contributed by atoms with Gasteiger partial charge >= 0.3 is 6.01 Å². The summed E-state index contributed by atoms with van der Waals surface area (Å²) in [6.07, 6.45) is 2.37. The summed E-state index contributed by atoms with van der Waals surface area (Å²) in [5.41, 5.74) is 2.12. The minimum atomic E-state index is -0.843. The number of carbonyl (C=O) groups excluding carboxylic acids is 1. The van der Waals surface area contributed by atoms with Crippen molar-refractivity contribution in [2.45, 2.75) is 50.5 Å². The average molecular weight is 548 g/mol. The van der Waals surface area contributed by atoms with Crippen molar-refractivity contribution in [3.63, 3.8) is 0 Å². The molecule has 1 N–H and O–H groups in total. The van der Waals surface area contributed by atoms with Crippen LogP contribution in [0.25, 0.3) is 10.8 Å². The number of aliphatic hydroxyl groups is 1. The van der Waals surface area contributed by atoms with Gasteiger partial charge in [0.2, 0.25) is 0 Å². The Morgan fingerprint density at radius 2 is 2.00 bits per heavy atom. The summed E-state index contributed by atoms with van der Waals surface area (Å²) in [6, 6.07) is 11.9. The van der Waals surface area contributed by atoms with E-state index in [1.165, 1.54) is 0 Å². The van der Waals surface area contributed by atoms with Crippen LogP contribution in [0, 0.1) is 0 Å². The second kappa shape index (κ2) is 10.2. The Balaban J connectivity index is 1.27.